The van der Waals surface area contributed by atoms with E-state index in [1.165, 1.54) is 30.3 Å². The Balaban J connectivity index is 1.22. The number of aliphatic hydroxyl groups is 2. The van der Waals surface area contributed by atoms with Gasteiger partial charge in [0.05, 0.1) is 29.8 Å². The second-order valence-corrected chi connectivity index (χ2v) is 19.4. The summed E-state index contributed by atoms with van der Waals surface area (Å²) in [6, 6.07) is 35.0. The highest BCUT2D eigenvalue weighted by atomic mass is 19.1. The van der Waals surface area contributed by atoms with Gasteiger partial charge in [0.2, 0.25) is 18.0 Å². The third-order valence-electron chi connectivity index (χ3n) is 14.7. The van der Waals surface area contributed by atoms with E-state index in [0.717, 1.165) is 60.8 Å². The molecule has 9 rings (SSSR count). The zero-order valence-electron chi connectivity index (χ0n) is 41.5. The Morgan fingerprint density at radius 1 is 0.892 bits per heavy atom. The lowest BCUT2D eigenvalue weighted by Crippen LogP contribution is -2.70. The van der Waals surface area contributed by atoms with Crippen molar-refractivity contribution in [2.45, 2.75) is 94.8 Å². The SMILES string of the molecule is C=CCO[C@@]12Oc3ccc(Oc4ccc(-c5ccccc5)cc4)cc3[C@H]3[C@H](CCCCO)[C@@H](CCCCO)C=C(C(=NOC4CCCCO4)C[C@@H]1N(Cc1ccc(F)cc1)C(=O)C=Cc1ccc([N+](=O)[O-])cc1)[C@H]32. The molecule has 386 valence electrons. The summed E-state index contributed by atoms with van der Waals surface area (Å²) in [7, 11) is 0. The zero-order valence-corrected chi connectivity index (χ0v) is 41.5. The fraction of sp³-hybridized carbons (Fsp3) is 0.367. The summed E-state index contributed by atoms with van der Waals surface area (Å²) in [6.07, 6.45) is 13.3. The minimum absolute atomic E-state index is 0.0103. The average molecular weight is 1010 g/mol. The van der Waals surface area contributed by atoms with E-state index in [0.29, 0.717) is 60.0 Å². The number of halogens is 1. The Morgan fingerprint density at radius 3 is 2.32 bits per heavy atom. The Kier molecular flexibility index (Phi) is 17.1. The molecule has 2 heterocycles. The van der Waals surface area contributed by atoms with Crippen molar-refractivity contribution in [2.24, 2.45) is 22.9 Å². The third-order valence-corrected chi connectivity index (χ3v) is 14.7. The van der Waals surface area contributed by atoms with Crippen molar-refractivity contribution in [1.29, 1.82) is 0 Å². The van der Waals surface area contributed by atoms with E-state index >= 15 is 4.79 Å². The minimum Gasteiger partial charge on any atom is -0.459 e. The Bertz CT molecular complexity index is 2800. The van der Waals surface area contributed by atoms with Crippen LogP contribution in [0, 0.1) is 33.7 Å². The van der Waals surface area contributed by atoms with Crippen molar-refractivity contribution >= 4 is 23.4 Å². The normalized spacial score (nSPS) is 23.5. The highest BCUT2D eigenvalue weighted by Crippen LogP contribution is 2.62. The minimum atomic E-state index is -1.59. The molecule has 1 saturated heterocycles. The van der Waals surface area contributed by atoms with E-state index in [-0.39, 0.29) is 56.2 Å². The molecule has 2 fully saturated rings. The number of ether oxygens (including phenoxy) is 4. The number of non-ortho nitro benzene ring substituents is 1. The zero-order chi connectivity index (χ0) is 51.4. The first-order chi connectivity index (χ1) is 36.2. The monoisotopic (exact) mass is 1010 g/mol. The fourth-order valence-electron chi connectivity index (χ4n) is 11.2. The van der Waals surface area contributed by atoms with Crippen LogP contribution in [0.1, 0.15) is 86.8 Å². The fourth-order valence-corrected chi connectivity index (χ4v) is 11.2. The van der Waals surface area contributed by atoms with Gasteiger partial charge in [-0.15, -0.1) is 6.58 Å². The van der Waals surface area contributed by atoms with Gasteiger partial charge in [-0.1, -0.05) is 84.7 Å². The molecule has 5 aromatic carbocycles. The lowest BCUT2D eigenvalue weighted by Gasteiger charge is -2.60. The Morgan fingerprint density at radius 2 is 1.62 bits per heavy atom. The summed E-state index contributed by atoms with van der Waals surface area (Å²) < 4.78 is 41.9. The molecule has 7 atom stereocenters. The van der Waals surface area contributed by atoms with Crippen LogP contribution in [0.4, 0.5) is 10.1 Å². The van der Waals surface area contributed by atoms with Crippen molar-refractivity contribution in [3.63, 3.8) is 0 Å². The molecule has 2 aliphatic heterocycles. The van der Waals surface area contributed by atoms with E-state index in [1.807, 2.05) is 54.6 Å². The molecule has 0 spiro atoms. The number of carbonyl (C=O) groups excluding carboxylic acids is 1. The summed E-state index contributed by atoms with van der Waals surface area (Å²) in [5.41, 5.74) is 5.65. The lowest BCUT2D eigenvalue weighted by atomic mass is 9.55. The topological polar surface area (TPSA) is 162 Å². The van der Waals surface area contributed by atoms with Gasteiger partial charge in [0.25, 0.3) is 5.69 Å². The van der Waals surface area contributed by atoms with Gasteiger partial charge in [-0.3, -0.25) is 14.9 Å². The number of carbonyl (C=O) groups is 1. The highest BCUT2D eigenvalue weighted by Gasteiger charge is 2.65. The van der Waals surface area contributed by atoms with Crippen molar-refractivity contribution in [3.05, 3.63) is 184 Å². The van der Waals surface area contributed by atoms with Crippen LogP contribution in [0.3, 0.4) is 0 Å². The van der Waals surface area contributed by atoms with Crippen LogP contribution in [0.2, 0.25) is 0 Å². The molecular formula is C60H64FN3O10. The number of nitrogens with zero attached hydrogens (tertiary/aromatic N) is 3. The summed E-state index contributed by atoms with van der Waals surface area (Å²) >= 11 is 0. The summed E-state index contributed by atoms with van der Waals surface area (Å²) in [5, 5.41) is 36.7. The molecule has 74 heavy (non-hydrogen) atoms. The number of allylic oxidation sites excluding steroid dienone is 1. The number of rotatable bonds is 22. The smallest absolute Gasteiger partial charge is 0.269 e. The van der Waals surface area contributed by atoms with Gasteiger partial charge in [0.1, 0.15) is 29.1 Å². The molecule has 1 saturated carbocycles. The van der Waals surface area contributed by atoms with Gasteiger partial charge in [-0.25, -0.2) is 4.39 Å². The molecule has 0 radical (unpaired) electrons. The van der Waals surface area contributed by atoms with Gasteiger partial charge in [0, 0.05) is 62.3 Å². The average Bonchev–Trinajstić information content (AvgIpc) is 3.43. The van der Waals surface area contributed by atoms with E-state index in [1.54, 1.807) is 41.3 Å². The quantitative estimate of drug-likeness (QED) is 0.0224. The Hall–Kier alpha value is -6.97. The van der Waals surface area contributed by atoms with E-state index in [9.17, 15) is 24.7 Å². The van der Waals surface area contributed by atoms with E-state index in [2.05, 4.69) is 30.9 Å². The number of unbranched alkanes of at least 4 members (excludes halogenated alkanes) is 2. The molecule has 0 aromatic heterocycles. The lowest BCUT2D eigenvalue weighted by molar-refractivity contribution is -0.384. The maximum atomic E-state index is 15.3. The first-order valence-electron chi connectivity index (χ1n) is 25.8. The maximum Gasteiger partial charge on any atom is 0.269 e. The maximum absolute atomic E-state index is 15.3. The van der Waals surface area contributed by atoms with Crippen LogP contribution in [0.5, 0.6) is 17.2 Å². The van der Waals surface area contributed by atoms with Crippen LogP contribution in [0.15, 0.2) is 157 Å². The largest absolute Gasteiger partial charge is 0.459 e. The molecule has 14 heteroatoms. The predicted molar refractivity (Wildman–Crippen MR) is 281 cm³/mol. The summed E-state index contributed by atoms with van der Waals surface area (Å²) in [4.78, 5) is 34.3. The number of nitro groups is 1. The van der Waals surface area contributed by atoms with Crippen molar-refractivity contribution in [1.82, 2.24) is 4.90 Å². The van der Waals surface area contributed by atoms with Gasteiger partial charge in [0.15, 0.2) is 0 Å². The molecular weight excluding hydrogens is 942 g/mol. The van der Waals surface area contributed by atoms with Crippen molar-refractivity contribution in [2.75, 3.05) is 26.4 Å². The van der Waals surface area contributed by atoms with E-state index in [4.69, 9.17) is 28.9 Å². The number of amides is 1. The van der Waals surface area contributed by atoms with Crippen LogP contribution in [-0.4, -0.2) is 76.2 Å². The van der Waals surface area contributed by atoms with Crippen LogP contribution in [-0.2, 0) is 25.7 Å². The number of aliphatic hydroxyl groups excluding tert-OH is 2. The number of fused-ring (bicyclic) bond motifs is 2. The number of nitro benzene ring substituents is 1. The van der Waals surface area contributed by atoms with Gasteiger partial charge in [-0.05, 0) is 139 Å². The van der Waals surface area contributed by atoms with Crippen molar-refractivity contribution in [3.8, 4) is 28.4 Å². The number of benzene rings is 5. The molecule has 2 aliphatic carbocycles. The van der Waals surface area contributed by atoms with Crippen LogP contribution < -0.4 is 9.47 Å². The predicted octanol–water partition coefficient (Wildman–Crippen LogP) is 12.1. The summed E-state index contributed by atoms with van der Waals surface area (Å²) in [6.45, 7) is 4.77. The Labute approximate surface area is 431 Å². The second kappa shape index (κ2) is 24.4. The summed E-state index contributed by atoms with van der Waals surface area (Å²) in [5.74, 6) is -1.63. The third kappa shape index (κ3) is 11.8. The number of hydrogen-bond donors (Lipinski definition) is 2. The first kappa shape index (κ1) is 51.9. The van der Waals surface area contributed by atoms with Gasteiger partial charge >= 0.3 is 0 Å². The first-order valence-corrected chi connectivity index (χ1v) is 25.8. The number of oxime groups is 1. The van der Waals surface area contributed by atoms with Crippen LogP contribution in [0.25, 0.3) is 17.2 Å². The van der Waals surface area contributed by atoms with Gasteiger partial charge in [-0.2, -0.15) is 0 Å². The molecule has 0 bridgehead atoms. The number of hydrogen-bond acceptors (Lipinski definition) is 11. The molecule has 5 aromatic rings. The molecule has 2 N–H and O–H groups in total. The highest BCUT2D eigenvalue weighted by molar-refractivity contribution is 6.03. The molecule has 1 amide bonds. The van der Waals surface area contributed by atoms with Gasteiger partial charge < -0.3 is 38.9 Å². The molecule has 13 nitrogen and oxygen atoms in total. The van der Waals surface area contributed by atoms with Crippen molar-refractivity contribution < 1.29 is 48.1 Å². The standard InChI is InChI=1S/C60H64FN3O10/c1-2-35-71-60-55(63(40-42-17-24-46(61)25-18-42)56(67)32-21-41-19-26-47(27-20-41)64(68)69)39-53(62-74-57-16-8-11-36-70-57)51-37-45(14-6-9-33-65)50(15-7-10-34-66)58(59(51)60)52-38-49(30-31-54(52)73-60)72-48-28-22-44(23-29-48)43-12-4-3-5-13-43/h2-5,12-13,17-32,37-38,45,50,55,57-59,65-66H,1,6-11,14-16,33-36,39-40H2/t45-,50+,55-,57?,58+,59+,60+/m0/s1. The second-order valence-electron chi connectivity index (χ2n) is 19.4. The molecule has 4 aliphatic rings. The molecule has 1 unspecified atom stereocenters. The van der Waals surface area contributed by atoms with E-state index < -0.39 is 40.7 Å². The van der Waals surface area contributed by atoms with Crippen LogP contribution >= 0.6 is 0 Å².